The number of aliphatic carboxylic acids is 1. The van der Waals surface area contributed by atoms with Crippen LogP contribution in [0.5, 0.6) is 0 Å². The van der Waals surface area contributed by atoms with Gasteiger partial charge >= 0.3 is 5.97 Å². The molecule has 1 saturated heterocycles. The van der Waals surface area contributed by atoms with Crippen molar-refractivity contribution in [3.05, 3.63) is 0 Å². The molecule has 6 fully saturated rings. The minimum Gasteiger partial charge on any atom is -0.481 e. The van der Waals surface area contributed by atoms with Crippen LogP contribution in [0.4, 0.5) is 0 Å². The van der Waals surface area contributed by atoms with E-state index in [9.17, 15) is 9.90 Å². The quantitative estimate of drug-likeness (QED) is 0.401. The van der Waals surface area contributed by atoms with Crippen molar-refractivity contribution in [3.63, 3.8) is 0 Å². The lowest BCUT2D eigenvalue weighted by Gasteiger charge is -2.74. The van der Waals surface area contributed by atoms with Crippen LogP contribution < -0.4 is 0 Å². The third-order valence-corrected chi connectivity index (χ3v) is 14.6. The molecule has 0 bridgehead atoms. The fraction of sp³-hybridized carbons (Fsp3) is 0.969. The first kappa shape index (κ1) is 25.7. The van der Waals surface area contributed by atoms with Gasteiger partial charge < -0.3 is 14.6 Å². The summed E-state index contributed by atoms with van der Waals surface area (Å²) in [5, 5.41) is 11.3. The van der Waals surface area contributed by atoms with E-state index in [-0.39, 0.29) is 22.2 Å². The van der Waals surface area contributed by atoms with E-state index in [0.29, 0.717) is 41.8 Å². The maximum absolute atomic E-state index is 13.7. The molecule has 0 aromatic carbocycles. The van der Waals surface area contributed by atoms with Gasteiger partial charge in [-0.15, -0.1) is 0 Å². The van der Waals surface area contributed by atoms with E-state index in [4.69, 9.17) is 9.47 Å². The molecule has 4 heteroatoms. The minimum absolute atomic E-state index is 0.0668. The molecule has 6 aliphatic rings. The Hall–Kier alpha value is -0.610. The predicted octanol–water partition coefficient (Wildman–Crippen LogP) is 7.70. The fourth-order valence-corrected chi connectivity index (χ4v) is 12.3. The molecule has 1 N–H and O–H groups in total. The number of carboxylic acids is 1. The summed E-state index contributed by atoms with van der Waals surface area (Å²) in [6, 6.07) is 0. The van der Waals surface area contributed by atoms with Gasteiger partial charge in [0.05, 0.1) is 18.6 Å². The summed E-state index contributed by atoms with van der Waals surface area (Å²) in [6.07, 6.45) is 12.2. The van der Waals surface area contributed by atoms with Crippen LogP contribution in [0, 0.1) is 56.2 Å². The molecule has 1 aliphatic heterocycles. The topological polar surface area (TPSA) is 55.8 Å². The first-order chi connectivity index (χ1) is 16.7. The van der Waals surface area contributed by atoms with Crippen molar-refractivity contribution in [2.24, 2.45) is 56.2 Å². The molecule has 0 aromatic rings. The second-order valence-electron chi connectivity index (χ2n) is 16.2. The Morgan fingerprint density at radius 2 is 1.36 bits per heavy atom. The molecule has 0 radical (unpaired) electrons. The zero-order valence-electron chi connectivity index (χ0n) is 24.2. The monoisotopic (exact) mass is 500 g/mol. The molecule has 5 aliphatic carbocycles. The van der Waals surface area contributed by atoms with Crippen molar-refractivity contribution in [3.8, 4) is 0 Å². The van der Waals surface area contributed by atoms with Gasteiger partial charge in [-0.2, -0.15) is 0 Å². The average Bonchev–Trinajstić information content (AvgIpc) is 3.28. The molecule has 5 saturated carbocycles. The molecule has 0 unspecified atom stereocenters. The molecule has 6 rings (SSSR count). The van der Waals surface area contributed by atoms with Gasteiger partial charge in [0, 0.05) is 12.3 Å². The number of ether oxygens (including phenoxy) is 2. The van der Waals surface area contributed by atoms with Gasteiger partial charge in [-0.3, -0.25) is 4.79 Å². The van der Waals surface area contributed by atoms with Gasteiger partial charge in [0.25, 0.3) is 0 Å². The Bertz CT molecular complexity index is 936. The first-order valence-electron chi connectivity index (χ1n) is 15.2. The lowest BCUT2D eigenvalue weighted by Crippen LogP contribution is -2.71. The minimum atomic E-state index is -0.600. The lowest BCUT2D eigenvalue weighted by molar-refractivity contribution is -0.301. The molecular formula is C32H52O4. The average molecular weight is 501 g/mol. The number of carbonyl (C=O) groups is 1. The van der Waals surface area contributed by atoms with Crippen molar-refractivity contribution < 1.29 is 19.4 Å². The van der Waals surface area contributed by atoms with Crippen LogP contribution in [0.2, 0.25) is 0 Å². The van der Waals surface area contributed by atoms with E-state index in [2.05, 4.69) is 48.5 Å². The summed E-state index contributed by atoms with van der Waals surface area (Å²) in [5.74, 6) is 0.757. The van der Waals surface area contributed by atoms with Crippen LogP contribution in [0.25, 0.3) is 0 Å². The zero-order valence-corrected chi connectivity index (χ0v) is 24.2. The van der Waals surface area contributed by atoms with E-state index in [1.54, 1.807) is 0 Å². The number of hydrogen-bond acceptors (Lipinski definition) is 3. The smallest absolute Gasteiger partial charge is 0.310 e. The van der Waals surface area contributed by atoms with Crippen molar-refractivity contribution in [1.82, 2.24) is 0 Å². The summed E-state index contributed by atoms with van der Waals surface area (Å²) in [4.78, 5) is 13.7. The Morgan fingerprint density at radius 3 is 2.03 bits per heavy atom. The van der Waals surface area contributed by atoms with Crippen LogP contribution in [0.3, 0.4) is 0 Å². The van der Waals surface area contributed by atoms with E-state index in [0.717, 1.165) is 44.9 Å². The number of rotatable bonds is 1. The third-order valence-electron chi connectivity index (χ3n) is 14.6. The number of carboxylic acid groups (broad SMARTS) is 1. The van der Waals surface area contributed by atoms with Gasteiger partial charge in [-0.25, -0.2) is 0 Å². The molecular weight excluding hydrogens is 448 g/mol. The molecule has 0 aromatic heterocycles. The summed E-state index contributed by atoms with van der Waals surface area (Å²) >= 11 is 0. The molecule has 9 atom stereocenters. The van der Waals surface area contributed by atoms with E-state index >= 15 is 0 Å². The van der Waals surface area contributed by atoms with Crippen molar-refractivity contribution in [2.75, 3.05) is 13.2 Å². The van der Waals surface area contributed by atoms with Gasteiger partial charge in [0.2, 0.25) is 0 Å². The van der Waals surface area contributed by atoms with Gasteiger partial charge in [0.15, 0.2) is 5.79 Å². The molecule has 204 valence electrons. The second kappa shape index (κ2) is 7.52. The van der Waals surface area contributed by atoms with Crippen LogP contribution in [0.1, 0.15) is 119 Å². The van der Waals surface area contributed by atoms with E-state index in [1.807, 2.05) is 0 Å². The van der Waals surface area contributed by atoms with E-state index in [1.165, 1.54) is 25.7 Å². The zero-order chi connectivity index (χ0) is 26.0. The molecule has 4 nitrogen and oxygen atoms in total. The molecule has 1 spiro atoms. The highest BCUT2D eigenvalue weighted by molar-refractivity contribution is 5.77. The first-order valence-corrected chi connectivity index (χ1v) is 15.2. The van der Waals surface area contributed by atoms with Crippen LogP contribution >= 0.6 is 0 Å². The maximum atomic E-state index is 13.7. The summed E-state index contributed by atoms with van der Waals surface area (Å²) in [7, 11) is 0. The Morgan fingerprint density at radius 1 is 0.722 bits per heavy atom. The second-order valence-corrected chi connectivity index (χ2v) is 16.2. The lowest BCUT2D eigenvalue weighted by atomic mass is 9.29. The van der Waals surface area contributed by atoms with Crippen LogP contribution in [0.15, 0.2) is 0 Å². The van der Waals surface area contributed by atoms with Crippen LogP contribution in [-0.4, -0.2) is 30.1 Å². The van der Waals surface area contributed by atoms with E-state index < -0.39 is 17.2 Å². The highest BCUT2D eigenvalue weighted by atomic mass is 16.7. The largest absolute Gasteiger partial charge is 0.481 e. The number of hydrogen-bond donors (Lipinski definition) is 1. The van der Waals surface area contributed by atoms with Crippen molar-refractivity contribution in [2.45, 2.75) is 125 Å². The van der Waals surface area contributed by atoms with Gasteiger partial charge in [-0.05, 0) is 109 Å². The van der Waals surface area contributed by atoms with Gasteiger partial charge in [-0.1, -0.05) is 48.5 Å². The van der Waals surface area contributed by atoms with Crippen molar-refractivity contribution >= 4 is 5.97 Å². The van der Waals surface area contributed by atoms with Gasteiger partial charge in [0.1, 0.15) is 0 Å². The molecule has 1 heterocycles. The standard InChI is InChI=1S/C32H52O4/c1-21-28(5)10-8-23-29(6,22(28)9-11-32(21)35-18-19-36-32)15-16-30(7)24-20-26(2,3)12-13-27(24,4)14-17-31(23,30)25(33)34/h21-24H,8-20H2,1-7H3,(H,33,34)/t21-,22-,23+,24-,27-,28-,29+,30+,31-/m1/s1. The highest BCUT2D eigenvalue weighted by Crippen LogP contribution is 2.79. The highest BCUT2D eigenvalue weighted by Gasteiger charge is 2.75. The van der Waals surface area contributed by atoms with Crippen LogP contribution in [-0.2, 0) is 14.3 Å². The summed E-state index contributed by atoms with van der Waals surface area (Å²) in [5.41, 5.74) is 0.0882. The predicted molar refractivity (Wildman–Crippen MR) is 141 cm³/mol. The third kappa shape index (κ3) is 2.93. The Balaban J connectivity index is 1.42. The Labute approximate surface area is 219 Å². The normalized spacial score (nSPS) is 55.2. The summed E-state index contributed by atoms with van der Waals surface area (Å²) < 4.78 is 12.6. The van der Waals surface area contributed by atoms with Crippen molar-refractivity contribution in [1.29, 1.82) is 0 Å². The molecule has 36 heavy (non-hydrogen) atoms. The Kier molecular flexibility index (Phi) is 5.36. The fourth-order valence-electron chi connectivity index (χ4n) is 12.3. The maximum Gasteiger partial charge on any atom is 0.310 e. The number of fused-ring (bicyclic) bond motifs is 7. The molecule has 0 amide bonds. The SMILES string of the molecule is C[C@H]1C2(CC[C@@H]3[C@]1(C)CC[C@H]1[C@@]3(C)CC[C@@]3(C)[C@@H]4CC(C)(C)CC[C@]4(C)CC[C@]13C(=O)O)OCCO2. The summed E-state index contributed by atoms with van der Waals surface area (Å²) in [6.45, 7) is 18.6.